The first kappa shape index (κ1) is 15.2. The van der Waals surface area contributed by atoms with Crippen molar-refractivity contribution in [3.05, 3.63) is 35.9 Å². The zero-order chi connectivity index (χ0) is 13.8. The SMILES string of the molecule is CC(CS(C)(=O)=O)NCC(C)(C)c1ccccc1. The third-order valence-electron chi connectivity index (χ3n) is 3.00. The van der Waals surface area contributed by atoms with Gasteiger partial charge in [0.25, 0.3) is 0 Å². The largest absolute Gasteiger partial charge is 0.312 e. The van der Waals surface area contributed by atoms with E-state index < -0.39 is 9.84 Å². The summed E-state index contributed by atoms with van der Waals surface area (Å²) in [4.78, 5) is 0. The lowest BCUT2D eigenvalue weighted by molar-refractivity contribution is 0.440. The van der Waals surface area contributed by atoms with Crippen molar-refractivity contribution in [2.24, 2.45) is 0 Å². The zero-order valence-electron chi connectivity index (χ0n) is 11.6. The van der Waals surface area contributed by atoms with E-state index in [4.69, 9.17) is 0 Å². The molecule has 0 spiro atoms. The molecule has 0 radical (unpaired) electrons. The maximum Gasteiger partial charge on any atom is 0.148 e. The number of sulfone groups is 1. The van der Waals surface area contributed by atoms with Gasteiger partial charge in [-0.1, -0.05) is 44.2 Å². The molecule has 0 aromatic heterocycles. The molecule has 1 atom stereocenters. The first-order valence-corrected chi connectivity index (χ1v) is 8.23. The van der Waals surface area contributed by atoms with Gasteiger partial charge in [-0.15, -0.1) is 0 Å². The van der Waals surface area contributed by atoms with Gasteiger partial charge in [0.05, 0.1) is 5.75 Å². The normalized spacial score (nSPS) is 14.4. The van der Waals surface area contributed by atoms with Gasteiger partial charge in [0.1, 0.15) is 9.84 Å². The Labute approximate surface area is 111 Å². The van der Waals surface area contributed by atoms with Crippen molar-refractivity contribution in [3.8, 4) is 0 Å². The third kappa shape index (κ3) is 5.19. The van der Waals surface area contributed by atoms with Crippen molar-refractivity contribution in [1.82, 2.24) is 5.32 Å². The Hall–Kier alpha value is -0.870. The first-order valence-electron chi connectivity index (χ1n) is 6.17. The lowest BCUT2D eigenvalue weighted by Gasteiger charge is -2.27. The highest BCUT2D eigenvalue weighted by Crippen LogP contribution is 2.21. The molecule has 102 valence electrons. The Morgan fingerprint density at radius 3 is 2.28 bits per heavy atom. The minimum Gasteiger partial charge on any atom is -0.312 e. The maximum absolute atomic E-state index is 11.2. The minimum atomic E-state index is -2.92. The summed E-state index contributed by atoms with van der Waals surface area (Å²) in [7, 11) is -2.92. The fourth-order valence-electron chi connectivity index (χ4n) is 1.93. The summed E-state index contributed by atoms with van der Waals surface area (Å²) in [6, 6.07) is 10.2. The van der Waals surface area contributed by atoms with Gasteiger partial charge in [0.2, 0.25) is 0 Å². The molecule has 1 N–H and O–H groups in total. The van der Waals surface area contributed by atoms with Gasteiger partial charge in [0, 0.05) is 24.3 Å². The molecule has 0 saturated carbocycles. The molecular formula is C14H23NO2S. The van der Waals surface area contributed by atoms with Crippen LogP contribution in [0.1, 0.15) is 26.3 Å². The van der Waals surface area contributed by atoms with Crippen LogP contribution in [-0.4, -0.2) is 33.0 Å². The molecule has 0 saturated heterocycles. The topological polar surface area (TPSA) is 46.2 Å². The van der Waals surface area contributed by atoms with E-state index in [1.54, 1.807) is 0 Å². The summed E-state index contributed by atoms with van der Waals surface area (Å²) in [5.74, 6) is 0.178. The van der Waals surface area contributed by atoms with E-state index in [9.17, 15) is 8.42 Å². The third-order valence-corrected chi connectivity index (χ3v) is 4.11. The summed E-state index contributed by atoms with van der Waals surface area (Å²) in [5, 5.41) is 3.30. The van der Waals surface area contributed by atoms with Gasteiger partial charge in [0.15, 0.2) is 0 Å². The fourth-order valence-corrected chi connectivity index (χ4v) is 2.96. The van der Waals surface area contributed by atoms with Gasteiger partial charge in [-0.25, -0.2) is 8.42 Å². The van der Waals surface area contributed by atoms with Gasteiger partial charge in [-0.2, -0.15) is 0 Å². The second-order valence-electron chi connectivity index (χ2n) is 5.62. The molecule has 0 amide bonds. The molecule has 0 fully saturated rings. The smallest absolute Gasteiger partial charge is 0.148 e. The van der Waals surface area contributed by atoms with Crippen molar-refractivity contribution in [3.63, 3.8) is 0 Å². The van der Waals surface area contributed by atoms with E-state index in [-0.39, 0.29) is 17.2 Å². The molecule has 0 aliphatic rings. The van der Waals surface area contributed by atoms with Gasteiger partial charge in [-0.05, 0) is 12.5 Å². The number of hydrogen-bond donors (Lipinski definition) is 1. The summed E-state index contributed by atoms with van der Waals surface area (Å²) in [6.07, 6.45) is 1.27. The number of benzene rings is 1. The van der Waals surface area contributed by atoms with Gasteiger partial charge in [-0.3, -0.25) is 0 Å². The molecule has 3 nitrogen and oxygen atoms in total. The van der Waals surface area contributed by atoms with Crippen LogP contribution in [0.4, 0.5) is 0 Å². The Morgan fingerprint density at radius 1 is 1.22 bits per heavy atom. The van der Waals surface area contributed by atoms with Gasteiger partial charge >= 0.3 is 0 Å². The van der Waals surface area contributed by atoms with Crippen LogP contribution < -0.4 is 5.32 Å². The summed E-state index contributed by atoms with van der Waals surface area (Å²) in [5.41, 5.74) is 1.25. The molecule has 1 rings (SSSR count). The average molecular weight is 269 g/mol. The average Bonchev–Trinajstić information content (AvgIpc) is 2.26. The first-order chi connectivity index (χ1) is 8.21. The fraction of sp³-hybridized carbons (Fsp3) is 0.571. The number of rotatable bonds is 6. The van der Waals surface area contributed by atoms with Crippen LogP contribution in [0.3, 0.4) is 0 Å². The van der Waals surface area contributed by atoms with Crippen LogP contribution in [0, 0.1) is 0 Å². The molecule has 0 bridgehead atoms. The molecule has 4 heteroatoms. The molecule has 1 aromatic rings. The maximum atomic E-state index is 11.2. The van der Waals surface area contributed by atoms with Crippen molar-refractivity contribution >= 4 is 9.84 Å². The van der Waals surface area contributed by atoms with Crippen LogP contribution in [0.2, 0.25) is 0 Å². The molecule has 0 aliphatic heterocycles. The second-order valence-corrected chi connectivity index (χ2v) is 7.81. The Bertz CT molecular complexity index is 466. The van der Waals surface area contributed by atoms with Crippen LogP contribution in [0.15, 0.2) is 30.3 Å². The minimum absolute atomic E-state index is 0.00692. The van der Waals surface area contributed by atoms with E-state index in [1.165, 1.54) is 11.8 Å². The highest BCUT2D eigenvalue weighted by atomic mass is 32.2. The molecule has 1 aromatic carbocycles. The van der Waals surface area contributed by atoms with Crippen molar-refractivity contribution in [2.75, 3.05) is 18.6 Å². The highest BCUT2D eigenvalue weighted by Gasteiger charge is 2.21. The molecule has 0 heterocycles. The molecule has 0 aliphatic carbocycles. The van der Waals surface area contributed by atoms with Crippen molar-refractivity contribution in [1.29, 1.82) is 0 Å². The van der Waals surface area contributed by atoms with Crippen LogP contribution >= 0.6 is 0 Å². The highest BCUT2D eigenvalue weighted by molar-refractivity contribution is 7.90. The number of nitrogens with one attached hydrogen (secondary N) is 1. The molecule has 18 heavy (non-hydrogen) atoms. The Morgan fingerprint density at radius 2 is 1.78 bits per heavy atom. The van der Waals surface area contributed by atoms with Crippen molar-refractivity contribution < 1.29 is 8.42 Å². The summed E-state index contributed by atoms with van der Waals surface area (Å²) < 4.78 is 22.4. The lowest BCUT2D eigenvalue weighted by atomic mass is 9.84. The quantitative estimate of drug-likeness (QED) is 0.859. The van der Waals surface area contributed by atoms with Crippen LogP contribution in [0.25, 0.3) is 0 Å². The number of hydrogen-bond acceptors (Lipinski definition) is 3. The van der Waals surface area contributed by atoms with E-state index in [0.29, 0.717) is 0 Å². The summed E-state index contributed by atoms with van der Waals surface area (Å²) in [6.45, 7) is 6.97. The van der Waals surface area contributed by atoms with E-state index >= 15 is 0 Å². The van der Waals surface area contributed by atoms with Gasteiger partial charge < -0.3 is 5.32 Å². The Kier molecular flexibility index (Phi) is 4.93. The molecular weight excluding hydrogens is 246 g/mol. The summed E-state index contributed by atoms with van der Waals surface area (Å²) >= 11 is 0. The Balaban J connectivity index is 2.57. The predicted molar refractivity (Wildman–Crippen MR) is 76.6 cm³/mol. The van der Waals surface area contributed by atoms with E-state index in [1.807, 2.05) is 25.1 Å². The monoisotopic (exact) mass is 269 g/mol. The predicted octanol–water partition coefficient (Wildman–Crippen LogP) is 1.99. The van der Waals surface area contributed by atoms with Crippen LogP contribution in [-0.2, 0) is 15.3 Å². The van der Waals surface area contributed by atoms with Crippen LogP contribution in [0.5, 0.6) is 0 Å². The van der Waals surface area contributed by atoms with E-state index in [0.717, 1.165) is 6.54 Å². The van der Waals surface area contributed by atoms with Crippen molar-refractivity contribution in [2.45, 2.75) is 32.2 Å². The zero-order valence-corrected chi connectivity index (χ0v) is 12.4. The van der Waals surface area contributed by atoms with E-state index in [2.05, 4.69) is 31.3 Å². The lowest BCUT2D eigenvalue weighted by Crippen LogP contribution is -2.40. The molecule has 1 unspecified atom stereocenters. The second kappa shape index (κ2) is 5.85. The standard InChI is InChI=1S/C14H23NO2S/c1-12(10-18(4,16)17)15-11-14(2,3)13-8-6-5-7-9-13/h5-9,12,15H,10-11H2,1-4H3.